The van der Waals surface area contributed by atoms with Gasteiger partial charge in [-0.25, -0.2) is 4.39 Å². The van der Waals surface area contributed by atoms with Crippen molar-refractivity contribution in [3.8, 4) is 0 Å². The number of benzene rings is 2. The molecule has 4 heteroatoms. The van der Waals surface area contributed by atoms with E-state index in [4.69, 9.17) is 11.6 Å². The fraction of sp³-hybridized carbons (Fsp3) is 0.0667. The Bertz CT molecular complexity index is 721. The highest BCUT2D eigenvalue weighted by Gasteiger charge is 2.01. The van der Waals surface area contributed by atoms with E-state index in [-0.39, 0.29) is 5.02 Å². The molecule has 1 aromatic heterocycles. The Morgan fingerprint density at radius 3 is 2.84 bits per heavy atom. The van der Waals surface area contributed by atoms with Gasteiger partial charge in [-0.3, -0.25) is 0 Å². The third-order valence-corrected chi connectivity index (χ3v) is 3.34. The van der Waals surface area contributed by atoms with Crippen molar-refractivity contribution >= 4 is 28.2 Å². The predicted molar refractivity (Wildman–Crippen MR) is 77.0 cm³/mol. The molecule has 0 spiro atoms. The molecule has 0 radical (unpaired) electrons. The van der Waals surface area contributed by atoms with Gasteiger partial charge in [0, 0.05) is 23.9 Å². The molecule has 3 rings (SSSR count). The average molecular weight is 275 g/mol. The maximum Gasteiger partial charge on any atom is 0.143 e. The molecule has 2 N–H and O–H groups in total. The third kappa shape index (κ3) is 2.56. The van der Waals surface area contributed by atoms with Gasteiger partial charge in [0.05, 0.1) is 5.02 Å². The van der Waals surface area contributed by atoms with Crippen molar-refractivity contribution in [2.24, 2.45) is 0 Å². The van der Waals surface area contributed by atoms with Crippen LogP contribution >= 0.6 is 11.6 Å². The van der Waals surface area contributed by atoms with Crippen LogP contribution < -0.4 is 5.32 Å². The molecule has 0 saturated carbocycles. The molecule has 0 aliphatic rings. The van der Waals surface area contributed by atoms with Crippen molar-refractivity contribution in [2.75, 3.05) is 5.32 Å². The van der Waals surface area contributed by atoms with E-state index in [1.165, 1.54) is 11.5 Å². The Labute approximate surface area is 115 Å². The number of nitrogens with one attached hydrogen (secondary N) is 2. The van der Waals surface area contributed by atoms with Gasteiger partial charge in [0.15, 0.2) is 0 Å². The van der Waals surface area contributed by atoms with Crippen LogP contribution in [0.25, 0.3) is 10.9 Å². The number of fused-ring (bicyclic) bond motifs is 1. The van der Waals surface area contributed by atoms with Gasteiger partial charge >= 0.3 is 0 Å². The maximum absolute atomic E-state index is 13.3. The van der Waals surface area contributed by atoms with E-state index < -0.39 is 5.82 Å². The Morgan fingerprint density at radius 2 is 2.00 bits per heavy atom. The number of aromatic amines is 1. The van der Waals surface area contributed by atoms with Gasteiger partial charge in [-0.1, -0.05) is 17.7 Å². The topological polar surface area (TPSA) is 27.8 Å². The van der Waals surface area contributed by atoms with Crippen LogP contribution in [0.4, 0.5) is 10.1 Å². The fourth-order valence-corrected chi connectivity index (χ4v) is 2.14. The molecule has 0 unspecified atom stereocenters. The van der Waals surface area contributed by atoms with E-state index >= 15 is 0 Å². The first-order valence-electron chi connectivity index (χ1n) is 5.97. The number of aromatic nitrogens is 1. The van der Waals surface area contributed by atoms with Crippen LogP contribution in [-0.4, -0.2) is 4.98 Å². The number of anilines is 1. The summed E-state index contributed by atoms with van der Waals surface area (Å²) in [6, 6.07) is 12.9. The molecule has 1 heterocycles. The SMILES string of the molecule is Fc1cc(NCc2ccc3[nH]ccc3c2)ccc1Cl. The average Bonchev–Trinajstić information content (AvgIpc) is 2.87. The first kappa shape index (κ1) is 12.1. The van der Waals surface area contributed by atoms with Crippen LogP contribution in [-0.2, 0) is 6.54 Å². The highest BCUT2D eigenvalue weighted by Crippen LogP contribution is 2.20. The van der Waals surface area contributed by atoms with Gasteiger partial charge < -0.3 is 10.3 Å². The zero-order chi connectivity index (χ0) is 13.2. The molecule has 0 amide bonds. The number of rotatable bonds is 3. The van der Waals surface area contributed by atoms with Crippen molar-refractivity contribution in [1.29, 1.82) is 0 Å². The fourth-order valence-electron chi connectivity index (χ4n) is 2.02. The van der Waals surface area contributed by atoms with E-state index in [9.17, 15) is 4.39 Å². The predicted octanol–water partition coefficient (Wildman–Crippen LogP) is 4.57. The summed E-state index contributed by atoms with van der Waals surface area (Å²) in [5.41, 5.74) is 2.97. The summed E-state index contributed by atoms with van der Waals surface area (Å²) in [5, 5.41) is 4.48. The lowest BCUT2D eigenvalue weighted by atomic mass is 10.1. The summed E-state index contributed by atoms with van der Waals surface area (Å²) in [6.45, 7) is 0.641. The Morgan fingerprint density at radius 1 is 1.11 bits per heavy atom. The third-order valence-electron chi connectivity index (χ3n) is 3.03. The van der Waals surface area contributed by atoms with Gasteiger partial charge in [-0.2, -0.15) is 0 Å². The Hall–Kier alpha value is -2.00. The zero-order valence-electron chi connectivity index (χ0n) is 10.1. The maximum atomic E-state index is 13.3. The molecule has 0 saturated heterocycles. The normalized spacial score (nSPS) is 10.8. The second-order valence-corrected chi connectivity index (χ2v) is 4.79. The van der Waals surface area contributed by atoms with E-state index in [1.807, 2.05) is 24.4 Å². The first-order valence-corrected chi connectivity index (χ1v) is 6.35. The number of hydrogen-bond acceptors (Lipinski definition) is 1. The minimum atomic E-state index is -0.409. The summed E-state index contributed by atoms with van der Waals surface area (Å²) in [6.07, 6.45) is 1.91. The molecule has 19 heavy (non-hydrogen) atoms. The summed E-state index contributed by atoms with van der Waals surface area (Å²) >= 11 is 5.64. The van der Waals surface area contributed by atoms with E-state index in [0.717, 1.165) is 16.8 Å². The molecule has 0 aliphatic carbocycles. The Kier molecular flexibility index (Phi) is 3.13. The quantitative estimate of drug-likeness (QED) is 0.719. The second-order valence-electron chi connectivity index (χ2n) is 4.38. The molecule has 0 bridgehead atoms. The monoisotopic (exact) mass is 274 g/mol. The summed E-state index contributed by atoms with van der Waals surface area (Å²) < 4.78 is 13.3. The molecular weight excluding hydrogens is 263 g/mol. The van der Waals surface area contributed by atoms with Gasteiger partial charge in [-0.05, 0) is 47.3 Å². The lowest BCUT2D eigenvalue weighted by Gasteiger charge is -2.07. The largest absolute Gasteiger partial charge is 0.381 e. The minimum absolute atomic E-state index is 0.138. The standard InChI is InChI=1S/C15H12ClFN2/c16-13-3-2-12(8-14(13)17)19-9-10-1-4-15-11(7-10)5-6-18-15/h1-8,18-19H,9H2. The Balaban J connectivity index is 1.75. The lowest BCUT2D eigenvalue weighted by Crippen LogP contribution is -1.99. The molecular formula is C15H12ClFN2. The molecule has 3 aromatic rings. The van der Waals surface area contributed by atoms with Crippen molar-refractivity contribution in [3.05, 3.63) is 65.1 Å². The van der Waals surface area contributed by atoms with Gasteiger partial charge in [0.25, 0.3) is 0 Å². The van der Waals surface area contributed by atoms with E-state index in [0.29, 0.717) is 6.54 Å². The second kappa shape index (κ2) is 4.94. The highest BCUT2D eigenvalue weighted by molar-refractivity contribution is 6.30. The van der Waals surface area contributed by atoms with Crippen molar-refractivity contribution < 1.29 is 4.39 Å². The summed E-state index contributed by atoms with van der Waals surface area (Å²) in [7, 11) is 0. The smallest absolute Gasteiger partial charge is 0.143 e. The summed E-state index contributed by atoms with van der Waals surface area (Å²) in [5.74, 6) is -0.409. The zero-order valence-corrected chi connectivity index (χ0v) is 10.8. The van der Waals surface area contributed by atoms with Crippen LogP contribution in [0, 0.1) is 5.82 Å². The molecule has 96 valence electrons. The van der Waals surface area contributed by atoms with E-state index in [1.54, 1.807) is 12.1 Å². The molecule has 2 aromatic carbocycles. The minimum Gasteiger partial charge on any atom is -0.381 e. The number of H-pyrrole nitrogens is 1. The lowest BCUT2D eigenvalue weighted by molar-refractivity contribution is 0.628. The van der Waals surface area contributed by atoms with Crippen molar-refractivity contribution in [1.82, 2.24) is 4.98 Å². The molecule has 2 nitrogen and oxygen atoms in total. The molecule has 0 aliphatic heterocycles. The van der Waals surface area contributed by atoms with Gasteiger partial charge in [0.2, 0.25) is 0 Å². The van der Waals surface area contributed by atoms with E-state index in [2.05, 4.69) is 16.4 Å². The van der Waals surface area contributed by atoms with Gasteiger partial charge in [-0.15, -0.1) is 0 Å². The molecule has 0 atom stereocenters. The van der Waals surface area contributed by atoms with Crippen LogP contribution in [0.1, 0.15) is 5.56 Å². The highest BCUT2D eigenvalue weighted by atomic mass is 35.5. The summed E-state index contributed by atoms with van der Waals surface area (Å²) in [4.78, 5) is 3.15. The van der Waals surface area contributed by atoms with Gasteiger partial charge in [0.1, 0.15) is 5.82 Å². The first-order chi connectivity index (χ1) is 9.22. The number of hydrogen-bond donors (Lipinski definition) is 2. The van der Waals surface area contributed by atoms with Crippen molar-refractivity contribution in [3.63, 3.8) is 0 Å². The van der Waals surface area contributed by atoms with Crippen molar-refractivity contribution in [2.45, 2.75) is 6.54 Å². The van der Waals surface area contributed by atoms with Crippen LogP contribution in [0.3, 0.4) is 0 Å². The molecule has 0 fully saturated rings. The van der Waals surface area contributed by atoms with Crippen LogP contribution in [0.15, 0.2) is 48.7 Å². The van der Waals surface area contributed by atoms with Crippen LogP contribution in [0.5, 0.6) is 0 Å². The number of halogens is 2. The van der Waals surface area contributed by atoms with Crippen LogP contribution in [0.2, 0.25) is 5.02 Å².